The van der Waals surface area contributed by atoms with Gasteiger partial charge in [-0.25, -0.2) is 0 Å². The van der Waals surface area contributed by atoms with Crippen LogP contribution in [0.2, 0.25) is 0 Å². The average Bonchev–Trinajstić information content (AvgIpc) is 2.49. The molecule has 1 heterocycles. The molecule has 1 saturated heterocycles. The SMILES string of the molecule is CCCC(C(N)=NO)N1CCN(CCCCOC)CC1. The van der Waals surface area contributed by atoms with Gasteiger partial charge in [-0.3, -0.25) is 4.90 Å². The molecular formula is C14H30N4O2. The van der Waals surface area contributed by atoms with Crippen LogP contribution in [-0.2, 0) is 4.74 Å². The summed E-state index contributed by atoms with van der Waals surface area (Å²) >= 11 is 0. The zero-order chi connectivity index (χ0) is 14.8. The van der Waals surface area contributed by atoms with Crippen LogP contribution in [0.15, 0.2) is 5.16 Å². The van der Waals surface area contributed by atoms with Gasteiger partial charge in [-0.1, -0.05) is 18.5 Å². The van der Waals surface area contributed by atoms with Gasteiger partial charge in [0.05, 0.1) is 6.04 Å². The molecule has 0 aromatic heterocycles. The number of hydrogen-bond acceptors (Lipinski definition) is 5. The lowest BCUT2D eigenvalue weighted by Gasteiger charge is -2.38. The second kappa shape index (κ2) is 9.96. The highest BCUT2D eigenvalue weighted by atomic mass is 16.5. The molecule has 0 spiro atoms. The van der Waals surface area contributed by atoms with E-state index in [1.165, 1.54) is 6.42 Å². The van der Waals surface area contributed by atoms with Crippen LogP contribution < -0.4 is 5.73 Å². The van der Waals surface area contributed by atoms with Gasteiger partial charge in [0.15, 0.2) is 5.84 Å². The quantitative estimate of drug-likeness (QED) is 0.217. The first-order chi connectivity index (χ1) is 9.72. The fourth-order valence-electron chi connectivity index (χ4n) is 2.74. The van der Waals surface area contributed by atoms with E-state index in [0.29, 0.717) is 5.84 Å². The molecule has 1 rings (SSSR count). The smallest absolute Gasteiger partial charge is 0.156 e. The first-order valence-corrected chi connectivity index (χ1v) is 7.65. The third-order valence-corrected chi connectivity index (χ3v) is 3.94. The number of oxime groups is 1. The first-order valence-electron chi connectivity index (χ1n) is 7.65. The number of ether oxygens (including phenoxy) is 1. The number of piperazine rings is 1. The monoisotopic (exact) mass is 286 g/mol. The van der Waals surface area contributed by atoms with Crippen LogP contribution in [0, 0.1) is 0 Å². The molecule has 6 nitrogen and oxygen atoms in total. The molecule has 0 radical (unpaired) electrons. The second-order valence-corrected chi connectivity index (χ2v) is 5.41. The van der Waals surface area contributed by atoms with Gasteiger partial charge < -0.3 is 20.6 Å². The number of amidine groups is 1. The summed E-state index contributed by atoms with van der Waals surface area (Å²) in [5.41, 5.74) is 5.81. The maximum atomic E-state index is 8.90. The van der Waals surface area contributed by atoms with Gasteiger partial charge in [0.2, 0.25) is 0 Å². The fraction of sp³-hybridized carbons (Fsp3) is 0.929. The van der Waals surface area contributed by atoms with Gasteiger partial charge in [-0.2, -0.15) is 0 Å². The van der Waals surface area contributed by atoms with E-state index in [4.69, 9.17) is 15.7 Å². The molecule has 0 saturated carbocycles. The molecule has 0 amide bonds. The lowest BCUT2D eigenvalue weighted by Crippen LogP contribution is -2.54. The Morgan fingerprint density at radius 2 is 2.00 bits per heavy atom. The minimum absolute atomic E-state index is 0.0839. The molecule has 3 N–H and O–H groups in total. The summed E-state index contributed by atoms with van der Waals surface area (Å²) in [7, 11) is 1.75. The van der Waals surface area contributed by atoms with E-state index >= 15 is 0 Å². The number of unbranched alkanes of at least 4 members (excludes halogenated alkanes) is 1. The molecule has 118 valence electrons. The van der Waals surface area contributed by atoms with Crippen LogP contribution >= 0.6 is 0 Å². The minimum Gasteiger partial charge on any atom is -0.409 e. The van der Waals surface area contributed by atoms with Crippen LogP contribution in [0.1, 0.15) is 32.6 Å². The van der Waals surface area contributed by atoms with E-state index in [0.717, 1.165) is 58.6 Å². The standard InChI is InChI=1S/C14H30N4O2/c1-3-6-13(14(15)16-19)18-10-8-17(9-11-18)7-4-5-12-20-2/h13,19H,3-12H2,1-2H3,(H2,15,16). The highest BCUT2D eigenvalue weighted by molar-refractivity contribution is 5.85. The lowest BCUT2D eigenvalue weighted by atomic mass is 10.1. The molecule has 1 fully saturated rings. The van der Waals surface area contributed by atoms with Crippen LogP contribution in [0.5, 0.6) is 0 Å². The summed E-state index contributed by atoms with van der Waals surface area (Å²) < 4.78 is 5.07. The predicted octanol–water partition coefficient (Wildman–Crippen LogP) is 0.946. The van der Waals surface area contributed by atoms with Crippen molar-refractivity contribution in [1.29, 1.82) is 0 Å². The minimum atomic E-state index is 0.0839. The summed E-state index contributed by atoms with van der Waals surface area (Å²) in [6.07, 6.45) is 4.30. The van der Waals surface area contributed by atoms with Crippen molar-refractivity contribution in [3.63, 3.8) is 0 Å². The Hall–Kier alpha value is -0.850. The van der Waals surface area contributed by atoms with Crippen molar-refractivity contribution in [2.24, 2.45) is 10.9 Å². The predicted molar refractivity (Wildman–Crippen MR) is 81.2 cm³/mol. The highest BCUT2D eigenvalue weighted by Crippen LogP contribution is 2.12. The summed E-state index contributed by atoms with van der Waals surface area (Å²) in [5, 5.41) is 12.1. The molecule has 1 aliphatic heterocycles. The molecule has 0 aromatic carbocycles. The molecular weight excluding hydrogens is 256 g/mol. The van der Waals surface area contributed by atoms with Gasteiger partial charge in [-0.05, 0) is 25.8 Å². The van der Waals surface area contributed by atoms with Crippen LogP contribution in [0.25, 0.3) is 0 Å². The molecule has 1 unspecified atom stereocenters. The number of hydrogen-bond donors (Lipinski definition) is 2. The molecule has 0 aliphatic carbocycles. The average molecular weight is 286 g/mol. The Labute approximate surface area is 122 Å². The van der Waals surface area contributed by atoms with Gasteiger partial charge in [0.1, 0.15) is 0 Å². The van der Waals surface area contributed by atoms with Gasteiger partial charge in [0.25, 0.3) is 0 Å². The Balaban J connectivity index is 2.32. The topological polar surface area (TPSA) is 74.3 Å². The van der Waals surface area contributed by atoms with Gasteiger partial charge in [-0.15, -0.1) is 0 Å². The fourth-order valence-corrected chi connectivity index (χ4v) is 2.74. The van der Waals surface area contributed by atoms with Crippen LogP contribution in [-0.4, -0.2) is 73.3 Å². The zero-order valence-corrected chi connectivity index (χ0v) is 12.9. The lowest BCUT2D eigenvalue weighted by molar-refractivity contribution is 0.108. The van der Waals surface area contributed by atoms with Crippen molar-refractivity contribution in [1.82, 2.24) is 9.80 Å². The number of nitrogens with zero attached hydrogens (tertiary/aromatic N) is 3. The third kappa shape index (κ3) is 5.64. The third-order valence-electron chi connectivity index (χ3n) is 3.94. The van der Waals surface area contributed by atoms with E-state index in [1.54, 1.807) is 7.11 Å². The van der Waals surface area contributed by atoms with E-state index in [9.17, 15) is 0 Å². The largest absolute Gasteiger partial charge is 0.409 e. The normalized spacial score (nSPS) is 20.2. The molecule has 6 heteroatoms. The first kappa shape index (κ1) is 17.2. The van der Waals surface area contributed by atoms with E-state index < -0.39 is 0 Å². The Bertz CT molecular complexity index is 278. The van der Waals surface area contributed by atoms with Gasteiger partial charge >= 0.3 is 0 Å². The number of nitrogens with two attached hydrogens (primary N) is 1. The number of rotatable bonds is 9. The van der Waals surface area contributed by atoms with Crippen molar-refractivity contribution in [2.45, 2.75) is 38.6 Å². The summed E-state index contributed by atoms with van der Waals surface area (Å²) in [4.78, 5) is 4.83. The van der Waals surface area contributed by atoms with Crippen LogP contribution in [0.3, 0.4) is 0 Å². The molecule has 1 aliphatic rings. The van der Waals surface area contributed by atoms with Crippen molar-refractivity contribution >= 4 is 5.84 Å². The second-order valence-electron chi connectivity index (χ2n) is 5.41. The summed E-state index contributed by atoms with van der Waals surface area (Å²) in [6, 6.07) is 0.0839. The van der Waals surface area contributed by atoms with E-state index in [1.807, 2.05) is 0 Å². The number of methoxy groups -OCH3 is 1. The Morgan fingerprint density at radius 1 is 1.30 bits per heavy atom. The summed E-state index contributed by atoms with van der Waals surface area (Å²) in [5.74, 6) is 0.348. The maximum absolute atomic E-state index is 8.90. The summed E-state index contributed by atoms with van der Waals surface area (Å²) in [6.45, 7) is 8.22. The zero-order valence-electron chi connectivity index (χ0n) is 12.9. The van der Waals surface area contributed by atoms with Crippen molar-refractivity contribution in [3.8, 4) is 0 Å². The molecule has 0 aromatic rings. The molecule has 0 bridgehead atoms. The Kier molecular flexibility index (Phi) is 8.57. The maximum Gasteiger partial charge on any atom is 0.156 e. The Morgan fingerprint density at radius 3 is 2.55 bits per heavy atom. The van der Waals surface area contributed by atoms with E-state index in [2.05, 4.69) is 21.9 Å². The highest BCUT2D eigenvalue weighted by Gasteiger charge is 2.25. The van der Waals surface area contributed by atoms with Crippen molar-refractivity contribution in [2.75, 3.05) is 46.4 Å². The molecule has 20 heavy (non-hydrogen) atoms. The molecule has 1 atom stereocenters. The van der Waals surface area contributed by atoms with Crippen LogP contribution in [0.4, 0.5) is 0 Å². The van der Waals surface area contributed by atoms with Crippen molar-refractivity contribution < 1.29 is 9.94 Å². The van der Waals surface area contributed by atoms with Crippen molar-refractivity contribution in [3.05, 3.63) is 0 Å². The van der Waals surface area contributed by atoms with E-state index in [-0.39, 0.29) is 6.04 Å². The van der Waals surface area contributed by atoms with Gasteiger partial charge in [0, 0.05) is 39.9 Å².